The number of nitrogens with zero attached hydrogens (tertiary/aromatic N) is 2. The maximum Gasteiger partial charge on any atom is 0.254 e. The quantitative estimate of drug-likeness (QED) is 0.869. The maximum absolute atomic E-state index is 12.5. The molecule has 0 aliphatic carbocycles. The molecule has 0 radical (unpaired) electrons. The minimum atomic E-state index is -3.02. The largest absolute Gasteiger partial charge is 0.373 e. The highest BCUT2D eigenvalue weighted by molar-refractivity contribution is 7.91. The number of sulfone groups is 1. The van der Waals surface area contributed by atoms with Crippen molar-refractivity contribution in [2.75, 3.05) is 30.4 Å². The monoisotopic (exact) mass is 297 g/mol. The molecule has 1 atom stereocenters. The number of hydrogen-bond acceptors (Lipinski definition) is 5. The van der Waals surface area contributed by atoms with E-state index in [2.05, 4.69) is 10.3 Å². The van der Waals surface area contributed by atoms with Gasteiger partial charge in [-0.1, -0.05) is 0 Å². The molecule has 1 aromatic rings. The van der Waals surface area contributed by atoms with E-state index in [1.165, 1.54) is 0 Å². The number of hydrogen-bond donors (Lipinski definition) is 1. The molecule has 20 heavy (non-hydrogen) atoms. The molecule has 2 rings (SSSR count). The number of rotatable bonds is 2. The van der Waals surface area contributed by atoms with Gasteiger partial charge in [-0.2, -0.15) is 0 Å². The van der Waals surface area contributed by atoms with Gasteiger partial charge >= 0.3 is 0 Å². The summed E-state index contributed by atoms with van der Waals surface area (Å²) >= 11 is 0. The molecule has 1 N–H and O–H groups in total. The molecule has 1 fully saturated rings. The van der Waals surface area contributed by atoms with Gasteiger partial charge in [0.1, 0.15) is 5.82 Å². The summed E-state index contributed by atoms with van der Waals surface area (Å²) in [5.41, 5.74) is 1.28. The molecule has 1 saturated heterocycles. The Balaban J connectivity index is 2.26. The number of aromatic nitrogens is 1. The number of carbonyl (C=O) groups is 1. The number of anilines is 1. The number of pyridine rings is 1. The van der Waals surface area contributed by atoms with E-state index in [1.54, 1.807) is 31.0 Å². The molecule has 1 amide bonds. The lowest BCUT2D eigenvalue weighted by Crippen LogP contribution is -2.49. The lowest BCUT2D eigenvalue weighted by Gasteiger charge is -2.33. The zero-order chi connectivity index (χ0) is 14.9. The second-order valence-electron chi connectivity index (χ2n) is 5.09. The Hall–Kier alpha value is -1.63. The summed E-state index contributed by atoms with van der Waals surface area (Å²) in [6.45, 7) is 3.84. The Morgan fingerprint density at radius 3 is 2.75 bits per heavy atom. The highest BCUT2D eigenvalue weighted by atomic mass is 32.2. The van der Waals surface area contributed by atoms with E-state index in [0.717, 1.165) is 5.69 Å². The molecule has 6 nitrogen and oxygen atoms in total. The van der Waals surface area contributed by atoms with Crippen molar-refractivity contribution in [1.82, 2.24) is 9.88 Å². The van der Waals surface area contributed by atoms with Crippen LogP contribution < -0.4 is 5.32 Å². The number of amides is 1. The van der Waals surface area contributed by atoms with Crippen molar-refractivity contribution >= 4 is 21.6 Å². The second kappa shape index (κ2) is 5.40. The van der Waals surface area contributed by atoms with Crippen LogP contribution in [0.3, 0.4) is 0 Å². The van der Waals surface area contributed by atoms with E-state index in [0.29, 0.717) is 11.4 Å². The minimum Gasteiger partial charge on any atom is -0.373 e. The Bertz CT molecular complexity index is 628. The van der Waals surface area contributed by atoms with Crippen LogP contribution in [0.5, 0.6) is 0 Å². The molecule has 1 aliphatic rings. The van der Waals surface area contributed by atoms with Crippen LogP contribution in [0, 0.1) is 6.92 Å². The SMILES string of the molecule is CNc1cc(C(=O)N2CCS(=O)(=O)CC2C)cc(C)n1. The van der Waals surface area contributed by atoms with Gasteiger partial charge in [0.2, 0.25) is 0 Å². The van der Waals surface area contributed by atoms with Crippen LogP contribution in [-0.4, -0.2) is 55.3 Å². The average Bonchev–Trinajstić information content (AvgIpc) is 2.36. The van der Waals surface area contributed by atoms with Crippen LogP contribution in [0.15, 0.2) is 12.1 Å². The summed E-state index contributed by atoms with van der Waals surface area (Å²) in [7, 11) is -1.28. The van der Waals surface area contributed by atoms with E-state index >= 15 is 0 Å². The third-order valence-corrected chi connectivity index (χ3v) is 5.18. The van der Waals surface area contributed by atoms with Gasteiger partial charge in [0, 0.05) is 30.9 Å². The molecule has 110 valence electrons. The van der Waals surface area contributed by atoms with Crippen LogP contribution in [0.1, 0.15) is 23.0 Å². The first-order chi connectivity index (χ1) is 9.32. The van der Waals surface area contributed by atoms with Gasteiger partial charge in [0.15, 0.2) is 9.84 Å². The average molecular weight is 297 g/mol. The summed E-state index contributed by atoms with van der Waals surface area (Å²) in [4.78, 5) is 18.4. The molecule has 0 saturated carbocycles. The van der Waals surface area contributed by atoms with E-state index in [9.17, 15) is 13.2 Å². The smallest absolute Gasteiger partial charge is 0.254 e. The molecule has 0 aromatic carbocycles. The number of carbonyl (C=O) groups excluding carboxylic acids is 1. The Labute approximate surface area is 119 Å². The first-order valence-electron chi connectivity index (χ1n) is 6.50. The highest BCUT2D eigenvalue weighted by Gasteiger charge is 2.31. The Morgan fingerprint density at radius 2 is 2.15 bits per heavy atom. The van der Waals surface area contributed by atoms with Crippen LogP contribution in [0.2, 0.25) is 0 Å². The molecule has 1 aliphatic heterocycles. The zero-order valence-corrected chi connectivity index (χ0v) is 12.7. The van der Waals surface area contributed by atoms with Gasteiger partial charge in [-0.15, -0.1) is 0 Å². The summed E-state index contributed by atoms with van der Waals surface area (Å²) in [5, 5.41) is 2.91. The lowest BCUT2D eigenvalue weighted by molar-refractivity contribution is 0.0712. The van der Waals surface area contributed by atoms with Crippen LogP contribution >= 0.6 is 0 Å². The second-order valence-corrected chi connectivity index (χ2v) is 7.32. The fourth-order valence-electron chi connectivity index (χ4n) is 2.39. The molecule has 1 unspecified atom stereocenters. The zero-order valence-electron chi connectivity index (χ0n) is 11.9. The third-order valence-electron chi connectivity index (χ3n) is 3.39. The van der Waals surface area contributed by atoms with Gasteiger partial charge in [-0.25, -0.2) is 13.4 Å². The molecule has 2 heterocycles. The first kappa shape index (κ1) is 14.8. The number of aryl methyl sites for hydroxylation is 1. The van der Waals surface area contributed by atoms with Crippen molar-refractivity contribution in [2.45, 2.75) is 19.9 Å². The van der Waals surface area contributed by atoms with Gasteiger partial charge in [0.25, 0.3) is 5.91 Å². The molecular formula is C13H19N3O3S. The normalized spacial score (nSPS) is 21.6. The topological polar surface area (TPSA) is 79.4 Å². The van der Waals surface area contributed by atoms with Crippen molar-refractivity contribution in [2.24, 2.45) is 0 Å². The minimum absolute atomic E-state index is 0.0295. The summed E-state index contributed by atoms with van der Waals surface area (Å²) in [6.07, 6.45) is 0. The van der Waals surface area contributed by atoms with E-state index in [1.807, 2.05) is 6.92 Å². The van der Waals surface area contributed by atoms with Crippen LogP contribution in [0.4, 0.5) is 5.82 Å². The predicted octanol–water partition coefficient (Wildman–Crippen LogP) is 0.691. The highest BCUT2D eigenvalue weighted by Crippen LogP contribution is 2.17. The van der Waals surface area contributed by atoms with Gasteiger partial charge in [-0.3, -0.25) is 4.79 Å². The van der Waals surface area contributed by atoms with Crippen LogP contribution in [0.25, 0.3) is 0 Å². The molecule has 1 aromatic heterocycles. The van der Waals surface area contributed by atoms with Gasteiger partial charge in [0.05, 0.1) is 11.5 Å². The van der Waals surface area contributed by atoms with Gasteiger partial charge < -0.3 is 10.2 Å². The Morgan fingerprint density at radius 1 is 1.45 bits per heavy atom. The van der Waals surface area contributed by atoms with Gasteiger partial charge in [-0.05, 0) is 26.0 Å². The maximum atomic E-state index is 12.5. The first-order valence-corrected chi connectivity index (χ1v) is 8.32. The fourth-order valence-corrected chi connectivity index (χ4v) is 3.94. The Kier molecular flexibility index (Phi) is 3.99. The molecule has 0 spiro atoms. The van der Waals surface area contributed by atoms with E-state index < -0.39 is 9.84 Å². The van der Waals surface area contributed by atoms with Crippen molar-refractivity contribution in [1.29, 1.82) is 0 Å². The standard InChI is InChI=1S/C13H19N3O3S/c1-9-6-11(7-12(14-3)15-9)13(17)16-4-5-20(18,19)8-10(16)2/h6-7,10H,4-5,8H2,1-3H3,(H,14,15). The third kappa shape index (κ3) is 3.09. The fraction of sp³-hybridized carbons (Fsp3) is 0.538. The summed E-state index contributed by atoms with van der Waals surface area (Å²) < 4.78 is 23.1. The summed E-state index contributed by atoms with van der Waals surface area (Å²) in [5.74, 6) is 0.549. The summed E-state index contributed by atoms with van der Waals surface area (Å²) in [6, 6.07) is 3.11. The van der Waals surface area contributed by atoms with Crippen LogP contribution in [-0.2, 0) is 9.84 Å². The van der Waals surface area contributed by atoms with Crippen molar-refractivity contribution < 1.29 is 13.2 Å². The van der Waals surface area contributed by atoms with E-state index in [-0.39, 0.29) is 30.0 Å². The molecular weight excluding hydrogens is 278 g/mol. The molecule has 0 bridgehead atoms. The van der Waals surface area contributed by atoms with Crippen molar-refractivity contribution in [3.8, 4) is 0 Å². The molecule has 7 heteroatoms. The van der Waals surface area contributed by atoms with Crippen molar-refractivity contribution in [3.05, 3.63) is 23.4 Å². The lowest BCUT2D eigenvalue weighted by atomic mass is 10.1. The van der Waals surface area contributed by atoms with E-state index in [4.69, 9.17) is 0 Å². The predicted molar refractivity (Wildman–Crippen MR) is 77.7 cm³/mol. The van der Waals surface area contributed by atoms with Crippen molar-refractivity contribution in [3.63, 3.8) is 0 Å². The number of nitrogens with one attached hydrogen (secondary N) is 1.